The van der Waals surface area contributed by atoms with Crippen molar-refractivity contribution in [2.75, 3.05) is 0 Å². The van der Waals surface area contributed by atoms with Gasteiger partial charge in [0, 0.05) is 9.14 Å². The highest BCUT2D eigenvalue weighted by Crippen LogP contribution is 2.15. The Morgan fingerprint density at radius 2 is 2.00 bits per heavy atom. The van der Waals surface area contributed by atoms with E-state index in [-0.39, 0.29) is 5.97 Å². The second-order valence-electron chi connectivity index (χ2n) is 4.88. The second kappa shape index (κ2) is 5.67. The Morgan fingerprint density at radius 3 is 2.53 bits per heavy atom. The third kappa shape index (κ3) is 5.35. The van der Waals surface area contributed by atoms with Crippen LogP contribution in [-0.2, 0) is 9.53 Å². The zero-order valence-electron chi connectivity index (χ0n) is 10.6. The zero-order valence-corrected chi connectivity index (χ0v) is 12.7. The van der Waals surface area contributed by atoms with Crippen LogP contribution in [0.4, 0.5) is 0 Å². The molecule has 0 aromatic heterocycles. The topological polar surface area (TPSA) is 26.3 Å². The fourth-order valence-corrected chi connectivity index (χ4v) is 1.83. The van der Waals surface area contributed by atoms with Crippen molar-refractivity contribution in [2.45, 2.75) is 33.3 Å². The number of ether oxygens (including phenoxy) is 1. The van der Waals surface area contributed by atoms with E-state index in [1.165, 1.54) is 0 Å². The summed E-state index contributed by atoms with van der Waals surface area (Å²) in [7, 11) is 0. The van der Waals surface area contributed by atoms with Crippen LogP contribution in [0.3, 0.4) is 0 Å². The van der Waals surface area contributed by atoms with Crippen molar-refractivity contribution in [3.05, 3.63) is 39.0 Å². The van der Waals surface area contributed by atoms with Crippen molar-refractivity contribution >= 4 is 34.6 Å². The van der Waals surface area contributed by atoms with Gasteiger partial charge in [-0.1, -0.05) is 12.1 Å². The Bertz CT molecular complexity index is 442. The summed E-state index contributed by atoms with van der Waals surface area (Å²) < 4.78 is 6.44. The van der Waals surface area contributed by atoms with Gasteiger partial charge < -0.3 is 4.74 Å². The van der Waals surface area contributed by atoms with Crippen LogP contribution >= 0.6 is 22.6 Å². The normalized spacial score (nSPS) is 12.4. The van der Waals surface area contributed by atoms with Crippen molar-refractivity contribution in [3.8, 4) is 0 Å². The molecule has 0 amide bonds. The summed E-state index contributed by atoms with van der Waals surface area (Å²) in [5.74, 6) is -0.267. The molecule has 1 aromatic rings. The molecule has 0 heterocycles. The highest BCUT2D eigenvalue weighted by Gasteiger charge is 2.17. The van der Waals surface area contributed by atoms with Crippen LogP contribution in [0.15, 0.2) is 29.8 Å². The van der Waals surface area contributed by atoms with E-state index in [1.807, 2.05) is 51.1 Å². The molecule has 3 heteroatoms. The summed E-state index contributed by atoms with van der Waals surface area (Å²) in [6.45, 7) is 7.37. The average Bonchev–Trinajstić information content (AvgIpc) is 2.14. The summed E-state index contributed by atoms with van der Waals surface area (Å²) in [5, 5.41) is 0. The van der Waals surface area contributed by atoms with Crippen LogP contribution in [0.5, 0.6) is 0 Å². The molecule has 0 saturated carbocycles. The average molecular weight is 344 g/mol. The molecule has 0 atom stereocenters. The van der Waals surface area contributed by atoms with Crippen LogP contribution in [0.2, 0.25) is 0 Å². The minimum Gasteiger partial charge on any atom is -0.457 e. The molecule has 0 radical (unpaired) electrons. The Kier molecular flexibility index (Phi) is 4.74. The van der Waals surface area contributed by atoms with Crippen LogP contribution in [0.25, 0.3) is 6.08 Å². The molecule has 0 bridgehead atoms. The lowest BCUT2D eigenvalue weighted by Gasteiger charge is -2.19. The monoisotopic (exact) mass is 344 g/mol. The molecule has 0 unspecified atom stereocenters. The largest absolute Gasteiger partial charge is 0.457 e. The van der Waals surface area contributed by atoms with E-state index in [1.54, 1.807) is 6.92 Å². The molecule has 0 spiro atoms. The fourth-order valence-electron chi connectivity index (χ4n) is 1.26. The van der Waals surface area contributed by atoms with Crippen LogP contribution in [0.1, 0.15) is 33.3 Å². The molecule has 0 aliphatic rings. The first-order chi connectivity index (χ1) is 7.78. The van der Waals surface area contributed by atoms with Gasteiger partial charge in [0.2, 0.25) is 0 Å². The van der Waals surface area contributed by atoms with E-state index >= 15 is 0 Å². The predicted molar refractivity (Wildman–Crippen MR) is 78.7 cm³/mol. The SMILES string of the molecule is C/C(=C\c1cccc(I)c1)C(=O)OC(C)(C)C. The fraction of sp³-hybridized carbons (Fsp3) is 0.357. The second-order valence-corrected chi connectivity index (χ2v) is 6.13. The van der Waals surface area contributed by atoms with E-state index in [0.29, 0.717) is 5.57 Å². The number of hydrogen-bond donors (Lipinski definition) is 0. The molecule has 0 aliphatic carbocycles. The smallest absolute Gasteiger partial charge is 0.334 e. The highest BCUT2D eigenvalue weighted by molar-refractivity contribution is 14.1. The van der Waals surface area contributed by atoms with Gasteiger partial charge in [-0.3, -0.25) is 0 Å². The summed E-state index contributed by atoms with van der Waals surface area (Å²) in [6.07, 6.45) is 1.84. The maximum atomic E-state index is 11.8. The lowest BCUT2D eigenvalue weighted by Crippen LogP contribution is -2.24. The Balaban J connectivity index is 2.82. The minimum absolute atomic E-state index is 0.267. The molecule has 92 valence electrons. The number of carbonyl (C=O) groups is 1. The first-order valence-electron chi connectivity index (χ1n) is 5.45. The standard InChI is InChI=1S/C14H17IO2/c1-10(13(16)17-14(2,3)4)8-11-6-5-7-12(15)9-11/h5-9H,1-4H3/b10-8+. The van der Waals surface area contributed by atoms with Crippen molar-refractivity contribution < 1.29 is 9.53 Å². The minimum atomic E-state index is -0.447. The van der Waals surface area contributed by atoms with Crippen LogP contribution < -0.4 is 0 Å². The summed E-state index contributed by atoms with van der Waals surface area (Å²) in [5.41, 5.74) is 1.18. The molecule has 0 aliphatic heterocycles. The van der Waals surface area contributed by atoms with Gasteiger partial charge in [-0.25, -0.2) is 4.79 Å². The third-order valence-electron chi connectivity index (χ3n) is 1.95. The van der Waals surface area contributed by atoms with Gasteiger partial charge in [-0.15, -0.1) is 0 Å². The first kappa shape index (κ1) is 14.2. The van der Waals surface area contributed by atoms with Gasteiger partial charge >= 0.3 is 5.97 Å². The Morgan fingerprint density at radius 1 is 1.35 bits per heavy atom. The highest BCUT2D eigenvalue weighted by atomic mass is 127. The van der Waals surface area contributed by atoms with Crippen LogP contribution in [0, 0.1) is 3.57 Å². The van der Waals surface area contributed by atoms with Crippen LogP contribution in [-0.4, -0.2) is 11.6 Å². The van der Waals surface area contributed by atoms with Gasteiger partial charge in [0.15, 0.2) is 0 Å². The van der Waals surface area contributed by atoms with E-state index in [9.17, 15) is 4.79 Å². The van der Waals surface area contributed by atoms with Crippen molar-refractivity contribution in [1.29, 1.82) is 0 Å². The van der Waals surface area contributed by atoms with E-state index in [2.05, 4.69) is 22.6 Å². The van der Waals surface area contributed by atoms with E-state index in [0.717, 1.165) is 9.13 Å². The molecule has 2 nitrogen and oxygen atoms in total. The van der Waals surface area contributed by atoms with Crippen molar-refractivity contribution in [3.63, 3.8) is 0 Å². The maximum Gasteiger partial charge on any atom is 0.334 e. The molecular formula is C14H17IO2. The molecule has 1 rings (SSSR count). The first-order valence-corrected chi connectivity index (χ1v) is 6.53. The quantitative estimate of drug-likeness (QED) is 0.460. The predicted octanol–water partition coefficient (Wildman–Crippen LogP) is 4.04. The number of hydrogen-bond acceptors (Lipinski definition) is 2. The van der Waals surface area contributed by atoms with Gasteiger partial charge in [0.05, 0.1) is 0 Å². The third-order valence-corrected chi connectivity index (χ3v) is 2.62. The van der Waals surface area contributed by atoms with Gasteiger partial charge in [-0.05, 0) is 74.1 Å². The Hall–Kier alpha value is -0.840. The molecular weight excluding hydrogens is 327 g/mol. The molecule has 17 heavy (non-hydrogen) atoms. The van der Waals surface area contributed by atoms with E-state index < -0.39 is 5.60 Å². The number of carbonyl (C=O) groups excluding carboxylic acids is 1. The lowest BCUT2D eigenvalue weighted by atomic mass is 10.1. The van der Waals surface area contributed by atoms with E-state index in [4.69, 9.17) is 4.74 Å². The van der Waals surface area contributed by atoms with Gasteiger partial charge in [-0.2, -0.15) is 0 Å². The number of rotatable bonds is 2. The molecule has 0 N–H and O–H groups in total. The molecule has 0 fully saturated rings. The van der Waals surface area contributed by atoms with Crippen molar-refractivity contribution in [1.82, 2.24) is 0 Å². The summed E-state index contributed by atoms with van der Waals surface area (Å²) in [6, 6.07) is 7.97. The molecule has 1 aromatic carbocycles. The van der Waals surface area contributed by atoms with Crippen molar-refractivity contribution in [2.24, 2.45) is 0 Å². The van der Waals surface area contributed by atoms with Gasteiger partial charge in [0.25, 0.3) is 0 Å². The maximum absolute atomic E-state index is 11.8. The molecule has 0 saturated heterocycles. The van der Waals surface area contributed by atoms with Gasteiger partial charge in [0.1, 0.15) is 5.60 Å². The number of esters is 1. The zero-order chi connectivity index (χ0) is 13.1. The number of benzene rings is 1. The summed E-state index contributed by atoms with van der Waals surface area (Å²) >= 11 is 2.25. The Labute approximate surface area is 116 Å². The summed E-state index contributed by atoms with van der Waals surface area (Å²) in [4.78, 5) is 11.8. The lowest BCUT2D eigenvalue weighted by molar-refractivity contribution is -0.149. The number of halogens is 1.